The Hall–Kier alpha value is -0.600. The average molecular weight is 180 g/mol. The molecule has 13 heavy (non-hydrogen) atoms. The second-order valence-corrected chi connectivity index (χ2v) is 3.60. The van der Waals surface area contributed by atoms with Crippen LogP contribution >= 0.6 is 0 Å². The quantitative estimate of drug-likeness (QED) is 0.369. The maximum absolute atomic E-state index is 5.42. The summed E-state index contributed by atoms with van der Waals surface area (Å²) in [5, 5.41) is 0. The van der Waals surface area contributed by atoms with Crippen molar-refractivity contribution in [3.63, 3.8) is 0 Å². The summed E-state index contributed by atoms with van der Waals surface area (Å²) >= 11 is 0. The summed E-state index contributed by atoms with van der Waals surface area (Å²) in [6, 6.07) is 0. The van der Waals surface area contributed by atoms with Gasteiger partial charge in [0.25, 0.3) is 0 Å². The standard InChI is InChI=1S/C11H16O2/c1-3-5-6-7-8-10-11(13-10)9(4-2)12-11/h4,7-10H,2-3,5-6H2,1H3. The topological polar surface area (TPSA) is 25.1 Å². The van der Waals surface area contributed by atoms with Crippen LogP contribution in [0.2, 0.25) is 0 Å². The minimum absolute atomic E-state index is 0.133. The van der Waals surface area contributed by atoms with Crippen LogP contribution < -0.4 is 0 Å². The molecular formula is C11H16O2. The van der Waals surface area contributed by atoms with Crippen molar-refractivity contribution in [3.8, 4) is 0 Å². The monoisotopic (exact) mass is 180 g/mol. The van der Waals surface area contributed by atoms with Crippen LogP contribution in [0.1, 0.15) is 26.2 Å². The molecule has 2 saturated heterocycles. The molecule has 0 N–H and O–H groups in total. The molecule has 2 heteroatoms. The molecule has 0 aliphatic carbocycles. The molecule has 0 aromatic carbocycles. The zero-order valence-electron chi connectivity index (χ0n) is 8.03. The highest BCUT2D eigenvalue weighted by Crippen LogP contribution is 2.56. The number of rotatable bonds is 5. The molecule has 0 saturated carbocycles. The van der Waals surface area contributed by atoms with Crippen molar-refractivity contribution in [3.05, 3.63) is 24.8 Å². The van der Waals surface area contributed by atoms with Crippen LogP contribution in [0.3, 0.4) is 0 Å². The molecule has 0 radical (unpaired) electrons. The third-order valence-electron chi connectivity index (χ3n) is 2.55. The van der Waals surface area contributed by atoms with E-state index in [4.69, 9.17) is 9.47 Å². The molecule has 1 spiro atoms. The van der Waals surface area contributed by atoms with E-state index in [1.807, 2.05) is 0 Å². The minimum Gasteiger partial charge on any atom is -0.332 e. The van der Waals surface area contributed by atoms with E-state index in [0.29, 0.717) is 0 Å². The minimum atomic E-state index is -0.273. The van der Waals surface area contributed by atoms with Crippen molar-refractivity contribution >= 4 is 0 Å². The lowest BCUT2D eigenvalue weighted by molar-refractivity contribution is 0.251. The number of ether oxygens (including phenoxy) is 2. The fourth-order valence-corrected chi connectivity index (χ4v) is 1.58. The third-order valence-corrected chi connectivity index (χ3v) is 2.55. The van der Waals surface area contributed by atoms with Gasteiger partial charge in [-0.2, -0.15) is 0 Å². The Morgan fingerprint density at radius 3 is 2.77 bits per heavy atom. The molecule has 2 nitrogen and oxygen atoms in total. The van der Waals surface area contributed by atoms with E-state index in [1.54, 1.807) is 6.08 Å². The van der Waals surface area contributed by atoms with E-state index in [1.165, 1.54) is 12.8 Å². The number of hydrogen-bond acceptors (Lipinski definition) is 2. The molecule has 3 atom stereocenters. The van der Waals surface area contributed by atoms with Crippen molar-refractivity contribution < 1.29 is 9.47 Å². The van der Waals surface area contributed by atoms with Crippen molar-refractivity contribution in [2.75, 3.05) is 0 Å². The predicted molar refractivity (Wildman–Crippen MR) is 51.3 cm³/mol. The van der Waals surface area contributed by atoms with Crippen LogP contribution in [-0.4, -0.2) is 18.0 Å². The highest BCUT2D eigenvalue weighted by molar-refractivity contribution is 5.23. The lowest BCUT2D eigenvalue weighted by atomic mass is 10.2. The molecule has 0 amide bonds. The Labute approximate surface area is 79.2 Å². The van der Waals surface area contributed by atoms with Gasteiger partial charge in [0.2, 0.25) is 5.79 Å². The summed E-state index contributed by atoms with van der Waals surface area (Å²) in [7, 11) is 0. The lowest BCUT2D eigenvalue weighted by Gasteiger charge is -1.85. The largest absolute Gasteiger partial charge is 0.332 e. The molecule has 0 aromatic rings. The van der Waals surface area contributed by atoms with E-state index in [2.05, 4.69) is 25.7 Å². The first-order valence-electron chi connectivity index (χ1n) is 4.98. The van der Waals surface area contributed by atoms with Gasteiger partial charge in [0.1, 0.15) is 12.2 Å². The van der Waals surface area contributed by atoms with Gasteiger partial charge in [0.15, 0.2) is 0 Å². The van der Waals surface area contributed by atoms with Gasteiger partial charge in [-0.25, -0.2) is 0 Å². The Bertz CT molecular complexity index is 234. The molecule has 2 aliphatic heterocycles. The van der Waals surface area contributed by atoms with Crippen LogP contribution in [0.25, 0.3) is 0 Å². The number of unbranched alkanes of at least 4 members (excludes halogenated alkanes) is 2. The Kier molecular flexibility index (Phi) is 2.26. The van der Waals surface area contributed by atoms with Gasteiger partial charge in [-0.1, -0.05) is 38.0 Å². The molecule has 0 bridgehead atoms. The van der Waals surface area contributed by atoms with Crippen molar-refractivity contribution in [1.29, 1.82) is 0 Å². The fourth-order valence-electron chi connectivity index (χ4n) is 1.58. The van der Waals surface area contributed by atoms with Gasteiger partial charge in [-0.05, 0) is 6.42 Å². The van der Waals surface area contributed by atoms with Crippen LogP contribution in [0.15, 0.2) is 24.8 Å². The number of epoxide rings is 2. The van der Waals surface area contributed by atoms with E-state index in [9.17, 15) is 0 Å². The zero-order chi connectivity index (χ0) is 9.31. The summed E-state index contributed by atoms with van der Waals surface area (Å²) < 4.78 is 10.8. The maximum Gasteiger partial charge on any atom is 0.231 e. The van der Waals surface area contributed by atoms with Gasteiger partial charge in [-0.3, -0.25) is 0 Å². The molecule has 72 valence electrons. The van der Waals surface area contributed by atoms with Crippen LogP contribution in [0.5, 0.6) is 0 Å². The fraction of sp³-hybridized carbons (Fsp3) is 0.636. The van der Waals surface area contributed by atoms with Gasteiger partial charge < -0.3 is 9.47 Å². The first-order chi connectivity index (χ1) is 6.33. The van der Waals surface area contributed by atoms with Crippen LogP contribution in [-0.2, 0) is 9.47 Å². The van der Waals surface area contributed by atoms with E-state index in [0.717, 1.165) is 6.42 Å². The molecule has 0 aromatic heterocycles. The first kappa shape index (κ1) is 8.97. The third kappa shape index (κ3) is 1.56. The highest BCUT2D eigenvalue weighted by atomic mass is 16.9. The van der Waals surface area contributed by atoms with Gasteiger partial charge in [-0.15, -0.1) is 6.58 Å². The summed E-state index contributed by atoms with van der Waals surface area (Å²) in [6.45, 7) is 5.87. The smallest absolute Gasteiger partial charge is 0.231 e. The second kappa shape index (κ2) is 3.28. The van der Waals surface area contributed by atoms with E-state index >= 15 is 0 Å². The molecule has 2 rings (SSSR count). The van der Waals surface area contributed by atoms with E-state index < -0.39 is 0 Å². The second-order valence-electron chi connectivity index (χ2n) is 3.60. The summed E-state index contributed by atoms with van der Waals surface area (Å²) in [5.74, 6) is -0.273. The van der Waals surface area contributed by atoms with Crippen LogP contribution in [0, 0.1) is 0 Å². The maximum atomic E-state index is 5.42. The summed E-state index contributed by atoms with van der Waals surface area (Å²) in [6.07, 6.45) is 10.1. The van der Waals surface area contributed by atoms with Gasteiger partial charge in [0.05, 0.1) is 0 Å². The average Bonchev–Trinajstić information content (AvgIpc) is 3.02. The molecule has 2 heterocycles. The normalized spacial score (nSPS) is 41.3. The molecular weight excluding hydrogens is 164 g/mol. The Morgan fingerprint density at radius 2 is 2.15 bits per heavy atom. The highest BCUT2D eigenvalue weighted by Gasteiger charge is 2.74. The molecule has 2 aliphatic rings. The Morgan fingerprint density at radius 1 is 1.38 bits per heavy atom. The van der Waals surface area contributed by atoms with E-state index in [-0.39, 0.29) is 18.0 Å². The number of hydrogen-bond donors (Lipinski definition) is 0. The van der Waals surface area contributed by atoms with Crippen molar-refractivity contribution in [2.45, 2.75) is 44.2 Å². The lowest BCUT2D eigenvalue weighted by Crippen LogP contribution is -1.94. The molecule has 3 unspecified atom stereocenters. The van der Waals surface area contributed by atoms with Crippen LogP contribution in [0.4, 0.5) is 0 Å². The first-order valence-corrected chi connectivity index (χ1v) is 4.98. The predicted octanol–water partition coefficient (Wildman–Crippen LogP) is 2.41. The van der Waals surface area contributed by atoms with Gasteiger partial charge in [0, 0.05) is 0 Å². The summed E-state index contributed by atoms with van der Waals surface area (Å²) in [4.78, 5) is 0. The van der Waals surface area contributed by atoms with Crippen molar-refractivity contribution in [2.24, 2.45) is 0 Å². The Balaban J connectivity index is 1.69. The SMILES string of the molecule is C=CC1OC12OC2C=CCCCC. The van der Waals surface area contributed by atoms with Crippen molar-refractivity contribution in [1.82, 2.24) is 0 Å². The van der Waals surface area contributed by atoms with Gasteiger partial charge >= 0.3 is 0 Å². The molecule has 2 fully saturated rings. The zero-order valence-corrected chi connectivity index (χ0v) is 8.03. The number of allylic oxidation sites excluding steroid dienone is 1. The summed E-state index contributed by atoms with van der Waals surface area (Å²) in [5.41, 5.74) is 0.